The number of nitrogens with one attached hydrogen (secondary N) is 1. The van der Waals surface area contributed by atoms with Gasteiger partial charge in [-0.05, 0) is 25.0 Å². The highest BCUT2D eigenvalue weighted by atomic mass is 16.6. The SMILES string of the molecule is Nc1ccc(C(=O)NN2CCCCC2)cc1[N+](=O)[O-]. The zero-order chi connectivity index (χ0) is 13.8. The maximum Gasteiger partial charge on any atom is 0.292 e. The van der Waals surface area contributed by atoms with Gasteiger partial charge in [-0.25, -0.2) is 5.01 Å². The van der Waals surface area contributed by atoms with Crippen LogP contribution in [0.3, 0.4) is 0 Å². The molecule has 102 valence electrons. The van der Waals surface area contributed by atoms with Gasteiger partial charge in [0.1, 0.15) is 5.69 Å². The molecule has 1 aromatic rings. The Morgan fingerprint density at radius 2 is 2.00 bits per heavy atom. The molecule has 1 fully saturated rings. The van der Waals surface area contributed by atoms with E-state index in [4.69, 9.17) is 5.73 Å². The van der Waals surface area contributed by atoms with Crippen LogP contribution in [0.15, 0.2) is 18.2 Å². The fraction of sp³-hybridized carbons (Fsp3) is 0.417. The Balaban J connectivity index is 2.10. The van der Waals surface area contributed by atoms with Gasteiger partial charge in [-0.2, -0.15) is 0 Å². The van der Waals surface area contributed by atoms with Crippen molar-refractivity contribution in [3.8, 4) is 0 Å². The monoisotopic (exact) mass is 264 g/mol. The summed E-state index contributed by atoms with van der Waals surface area (Å²) in [7, 11) is 0. The largest absolute Gasteiger partial charge is 0.393 e. The van der Waals surface area contributed by atoms with Crippen molar-refractivity contribution in [2.45, 2.75) is 19.3 Å². The van der Waals surface area contributed by atoms with Crippen molar-refractivity contribution in [1.29, 1.82) is 0 Å². The Kier molecular flexibility index (Phi) is 3.96. The van der Waals surface area contributed by atoms with Crippen LogP contribution in [0.1, 0.15) is 29.6 Å². The number of anilines is 1. The third-order valence-electron chi connectivity index (χ3n) is 3.11. The van der Waals surface area contributed by atoms with E-state index in [9.17, 15) is 14.9 Å². The molecular weight excluding hydrogens is 248 g/mol. The predicted molar refractivity (Wildman–Crippen MR) is 70.4 cm³/mol. The molecule has 7 nitrogen and oxygen atoms in total. The lowest BCUT2D eigenvalue weighted by Crippen LogP contribution is -2.45. The number of carbonyl (C=O) groups is 1. The zero-order valence-electron chi connectivity index (χ0n) is 10.5. The highest BCUT2D eigenvalue weighted by Gasteiger charge is 2.18. The van der Waals surface area contributed by atoms with Crippen LogP contribution >= 0.6 is 0 Å². The number of nitrogens with two attached hydrogens (primary N) is 1. The van der Waals surface area contributed by atoms with Gasteiger partial charge in [0.2, 0.25) is 0 Å². The Morgan fingerprint density at radius 1 is 1.32 bits per heavy atom. The Morgan fingerprint density at radius 3 is 2.63 bits per heavy atom. The normalized spacial score (nSPS) is 16.0. The number of hydrogen-bond acceptors (Lipinski definition) is 5. The fourth-order valence-corrected chi connectivity index (χ4v) is 2.06. The summed E-state index contributed by atoms with van der Waals surface area (Å²) in [6, 6.07) is 4.07. The third kappa shape index (κ3) is 3.19. The number of hydrogen-bond donors (Lipinski definition) is 2. The van der Waals surface area contributed by atoms with Crippen molar-refractivity contribution < 1.29 is 9.72 Å². The number of hydrazine groups is 1. The molecule has 0 aliphatic carbocycles. The van der Waals surface area contributed by atoms with E-state index in [0.29, 0.717) is 0 Å². The molecule has 0 aromatic heterocycles. The molecule has 2 rings (SSSR count). The molecule has 1 aromatic carbocycles. The van der Waals surface area contributed by atoms with Crippen molar-refractivity contribution in [2.75, 3.05) is 18.8 Å². The van der Waals surface area contributed by atoms with E-state index in [0.717, 1.165) is 25.9 Å². The van der Waals surface area contributed by atoms with Crippen LogP contribution in [0.25, 0.3) is 0 Å². The molecule has 1 aliphatic heterocycles. The summed E-state index contributed by atoms with van der Waals surface area (Å²) in [5.41, 5.74) is 8.30. The molecule has 0 radical (unpaired) electrons. The van der Waals surface area contributed by atoms with E-state index >= 15 is 0 Å². The number of carbonyl (C=O) groups excluding carboxylic acids is 1. The number of piperidine rings is 1. The second-order valence-electron chi connectivity index (χ2n) is 4.52. The number of nitro groups is 1. The van der Waals surface area contributed by atoms with Gasteiger partial charge in [0, 0.05) is 24.7 Å². The summed E-state index contributed by atoms with van der Waals surface area (Å²) < 4.78 is 0. The first-order valence-corrected chi connectivity index (χ1v) is 6.18. The lowest BCUT2D eigenvalue weighted by Gasteiger charge is -2.26. The number of benzene rings is 1. The summed E-state index contributed by atoms with van der Waals surface area (Å²) in [6.07, 6.45) is 3.25. The van der Waals surface area contributed by atoms with Crippen LogP contribution in [0.5, 0.6) is 0 Å². The summed E-state index contributed by atoms with van der Waals surface area (Å²) in [5, 5.41) is 12.6. The van der Waals surface area contributed by atoms with Gasteiger partial charge in [-0.1, -0.05) is 6.42 Å². The van der Waals surface area contributed by atoms with E-state index in [1.165, 1.54) is 24.6 Å². The van der Waals surface area contributed by atoms with Gasteiger partial charge >= 0.3 is 0 Å². The number of amides is 1. The standard InChI is InChI=1S/C12H16N4O3/c13-10-5-4-9(8-11(10)16(18)19)12(17)14-15-6-2-1-3-7-15/h4-5,8H,1-3,6-7,13H2,(H,14,17). The molecule has 0 spiro atoms. The van der Waals surface area contributed by atoms with Crippen molar-refractivity contribution in [3.63, 3.8) is 0 Å². The third-order valence-corrected chi connectivity index (χ3v) is 3.11. The van der Waals surface area contributed by atoms with Crippen LogP contribution in [0.2, 0.25) is 0 Å². The lowest BCUT2D eigenvalue weighted by atomic mass is 10.1. The van der Waals surface area contributed by atoms with Gasteiger partial charge in [0.05, 0.1) is 4.92 Å². The van der Waals surface area contributed by atoms with Crippen LogP contribution in [-0.4, -0.2) is 28.9 Å². The minimum atomic E-state index is -0.590. The molecular formula is C12H16N4O3. The Labute approximate surface area is 110 Å². The van der Waals surface area contributed by atoms with E-state index in [-0.39, 0.29) is 22.8 Å². The molecule has 1 heterocycles. The predicted octanol–water partition coefficient (Wildman–Crippen LogP) is 1.31. The molecule has 7 heteroatoms. The first-order chi connectivity index (χ1) is 9.08. The lowest BCUT2D eigenvalue weighted by molar-refractivity contribution is -0.383. The van der Waals surface area contributed by atoms with Crippen molar-refractivity contribution in [1.82, 2.24) is 10.4 Å². The minimum absolute atomic E-state index is 0.0551. The topological polar surface area (TPSA) is 102 Å². The molecule has 0 unspecified atom stereocenters. The molecule has 1 aliphatic rings. The van der Waals surface area contributed by atoms with Gasteiger partial charge in [-0.3, -0.25) is 20.3 Å². The first kappa shape index (κ1) is 13.3. The molecule has 3 N–H and O–H groups in total. The number of rotatable bonds is 3. The van der Waals surface area contributed by atoms with E-state index < -0.39 is 4.92 Å². The van der Waals surface area contributed by atoms with Crippen molar-refractivity contribution in [3.05, 3.63) is 33.9 Å². The fourth-order valence-electron chi connectivity index (χ4n) is 2.06. The van der Waals surface area contributed by atoms with Gasteiger partial charge in [0.15, 0.2) is 0 Å². The number of nitrogens with zero attached hydrogens (tertiary/aromatic N) is 2. The summed E-state index contributed by atoms with van der Waals surface area (Å²) in [5.74, 6) is -0.343. The summed E-state index contributed by atoms with van der Waals surface area (Å²) in [4.78, 5) is 22.2. The second kappa shape index (κ2) is 5.66. The number of nitro benzene ring substituents is 1. The second-order valence-corrected chi connectivity index (χ2v) is 4.52. The molecule has 19 heavy (non-hydrogen) atoms. The van der Waals surface area contributed by atoms with Crippen LogP contribution in [0, 0.1) is 10.1 Å². The Bertz CT molecular complexity index is 498. The van der Waals surface area contributed by atoms with Gasteiger partial charge in [-0.15, -0.1) is 0 Å². The van der Waals surface area contributed by atoms with E-state index in [1.807, 2.05) is 5.01 Å². The quantitative estimate of drug-likeness (QED) is 0.487. The van der Waals surface area contributed by atoms with Crippen molar-refractivity contribution in [2.24, 2.45) is 0 Å². The van der Waals surface area contributed by atoms with Crippen LogP contribution in [0.4, 0.5) is 11.4 Å². The first-order valence-electron chi connectivity index (χ1n) is 6.18. The highest BCUT2D eigenvalue weighted by Crippen LogP contribution is 2.22. The average molecular weight is 264 g/mol. The minimum Gasteiger partial charge on any atom is -0.393 e. The van der Waals surface area contributed by atoms with Crippen molar-refractivity contribution >= 4 is 17.3 Å². The highest BCUT2D eigenvalue weighted by molar-refractivity contribution is 5.95. The number of nitrogen functional groups attached to an aromatic ring is 1. The smallest absolute Gasteiger partial charge is 0.292 e. The summed E-state index contributed by atoms with van der Waals surface area (Å²) in [6.45, 7) is 1.62. The molecule has 0 bridgehead atoms. The maximum absolute atomic E-state index is 12.0. The van der Waals surface area contributed by atoms with Crippen LogP contribution < -0.4 is 11.2 Å². The van der Waals surface area contributed by atoms with Crippen LogP contribution in [-0.2, 0) is 0 Å². The molecule has 0 atom stereocenters. The van der Waals surface area contributed by atoms with E-state index in [2.05, 4.69) is 5.43 Å². The van der Waals surface area contributed by atoms with Gasteiger partial charge in [0.25, 0.3) is 11.6 Å². The molecule has 0 saturated carbocycles. The van der Waals surface area contributed by atoms with E-state index in [1.54, 1.807) is 0 Å². The van der Waals surface area contributed by atoms with Gasteiger partial charge < -0.3 is 5.73 Å². The maximum atomic E-state index is 12.0. The molecule has 1 saturated heterocycles. The zero-order valence-corrected chi connectivity index (χ0v) is 10.5. The Hall–Kier alpha value is -2.15. The summed E-state index contributed by atoms with van der Waals surface area (Å²) >= 11 is 0. The molecule has 1 amide bonds. The average Bonchev–Trinajstić information content (AvgIpc) is 2.40.